The molecule has 148 valence electrons. The number of aromatic nitrogens is 2. The maximum absolute atomic E-state index is 13.1. The van der Waals surface area contributed by atoms with Crippen LogP contribution in [-0.4, -0.2) is 35.0 Å². The summed E-state index contributed by atoms with van der Waals surface area (Å²) >= 11 is 0. The number of nitrogens with zero attached hydrogens (tertiary/aromatic N) is 2. The Bertz CT molecular complexity index is 936. The monoisotopic (exact) mass is 418 g/mol. The van der Waals surface area contributed by atoms with Gasteiger partial charge in [0.15, 0.2) is 0 Å². The topological polar surface area (TPSA) is 66.9 Å². The van der Waals surface area contributed by atoms with E-state index in [4.69, 9.17) is 4.98 Å². The Hall–Kier alpha value is -2.21. The van der Waals surface area contributed by atoms with Crippen molar-refractivity contribution in [3.8, 4) is 11.3 Å². The standard InChI is InChI=1S/C21H22N4O.2ClH/c1-14-6-9-23-13-20(14)25-21(26)17-12-19(15-7-10-22-11-8-15)24-18-5-3-2-4-16(17)18;;/h2-5,7-8,10-12,14,20,23H,6,9,13H2,1H3,(H,25,26);2*1H. The van der Waals surface area contributed by atoms with Crippen LogP contribution in [0, 0.1) is 5.92 Å². The number of hydrogen-bond donors (Lipinski definition) is 2. The first-order valence-corrected chi connectivity index (χ1v) is 9.04. The number of fused-ring (bicyclic) bond motifs is 1. The Morgan fingerprint density at radius 3 is 2.64 bits per heavy atom. The summed E-state index contributed by atoms with van der Waals surface area (Å²) < 4.78 is 0. The summed E-state index contributed by atoms with van der Waals surface area (Å²) in [5.41, 5.74) is 3.22. The Labute approximate surface area is 177 Å². The fourth-order valence-corrected chi connectivity index (χ4v) is 3.46. The van der Waals surface area contributed by atoms with Crippen molar-refractivity contribution in [1.29, 1.82) is 0 Å². The van der Waals surface area contributed by atoms with Crippen LogP contribution in [0.3, 0.4) is 0 Å². The van der Waals surface area contributed by atoms with Crippen LogP contribution < -0.4 is 10.6 Å². The van der Waals surface area contributed by atoms with E-state index in [2.05, 4.69) is 22.5 Å². The van der Waals surface area contributed by atoms with Crippen molar-refractivity contribution in [2.75, 3.05) is 13.1 Å². The molecule has 3 aromatic rings. The van der Waals surface area contributed by atoms with E-state index in [0.717, 1.165) is 41.7 Å². The molecule has 2 atom stereocenters. The molecule has 0 saturated carbocycles. The van der Waals surface area contributed by atoms with Crippen molar-refractivity contribution in [2.45, 2.75) is 19.4 Å². The highest BCUT2D eigenvalue weighted by Gasteiger charge is 2.24. The molecule has 1 aliphatic heterocycles. The minimum absolute atomic E-state index is 0. The zero-order valence-corrected chi connectivity index (χ0v) is 17.2. The number of hydrogen-bond acceptors (Lipinski definition) is 4. The number of amides is 1. The van der Waals surface area contributed by atoms with Crippen LogP contribution in [0.15, 0.2) is 54.9 Å². The van der Waals surface area contributed by atoms with Crippen LogP contribution in [0.5, 0.6) is 0 Å². The number of carbonyl (C=O) groups is 1. The molecule has 4 rings (SSSR count). The first-order valence-electron chi connectivity index (χ1n) is 9.04. The van der Waals surface area contributed by atoms with E-state index in [1.54, 1.807) is 12.4 Å². The van der Waals surface area contributed by atoms with E-state index in [1.165, 1.54) is 0 Å². The molecule has 2 aromatic heterocycles. The molecule has 3 heterocycles. The van der Waals surface area contributed by atoms with Gasteiger partial charge in [-0.3, -0.25) is 9.78 Å². The van der Waals surface area contributed by atoms with Crippen LogP contribution in [0.1, 0.15) is 23.7 Å². The fraction of sp³-hybridized carbons (Fsp3) is 0.286. The lowest BCUT2D eigenvalue weighted by atomic mass is 9.94. The van der Waals surface area contributed by atoms with Gasteiger partial charge < -0.3 is 10.6 Å². The lowest BCUT2D eigenvalue weighted by Crippen LogP contribution is -2.50. The lowest BCUT2D eigenvalue weighted by molar-refractivity contribution is 0.0917. The van der Waals surface area contributed by atoms with Gasteiger partial charge in [-0.25, -0.2) is 4.98 Å². The SMILES string of the molecule is CC1CCNCC1NC(=O)c1cc(-c2ccncc2)nc2ccccc12.Cl.Cl. The van der Waals surface area contributed by atoms with Crippen molar-refractivity contribution >= 4 is 41.6 Å². The van der Waals surface area contributed by atoms with Crippen molar-refractivity contribution in [2.24, 2.45) is 5.92 Å². The molecule has 1 saturated heterocycles. The minimum atomic E-state index is -0.0422. The Kier molecular flexibility index (Phi) is 7.75. The molecule has 1 fully saturated rings. The van der Waals surface area contributed by atoms with Crippen molar-refractivity contribution in [3.05, 3.63) is 60.4 Å². The normalized spacial score (nSPS) is 18.6. The van der Waals surface area contributed by atoms with Crippen LogP contribution in [-0.2, 0) is 0 Å². The van der Waals surface area contributed by atoms with Crippen LogP contribution in [0.25, 0.3) is 22.2 Å². The molecule has 7 heteroatoms. The molecule has 28 heavy (non-hydrogen) atoms. The molecule has 0 bridgehead atoms. The average Bonchev–Trinajstić information content (AvgIpc) is 2.69. The highest BCUT2D eigenvalue weighted by Crippen LogP contribution is 2.25. The largest absolute Gasteiger partial charge is 0.348 e. The number of rotatable bonds is 3. The molecule has 2 N–H and O–H groups in total. The van der Waals surface area contributed by atoms with Gasteiger partial charge >= 0.3 is 0 Å². The van der Waals surface area contributed by atoms with Gasteiger partial charge in [-0.1, -0.05) is 25.1 Å². The van der Waals surface area contributed by atoms with E-state index < -0.39 is 0 Å². The summed E-state index contributed by atoms with van der Waals surface area (Å²) in [5, 5.41) is 7.45. The second-order valence-electron chi connectivity index (χ2n) is 6.86. The van der Waals surface area contributed by atoms with E-state index >= 15 is 0 Å². The van der Waals surface area contributed by atoms with Gasteiger partial charge in [-0.15, -0.1) is 24.8 Å². The highest BCUT2D eigenvalue weighted by atomic mass is 35.5. The molecular weight excluding hydrogens is 395 g/mol. The zero-order valence-electron chi connectivity index (χ0n) is 15.6. The molecule has 0 aliphatic carbocycles. The molecule has 0 radical (unpaired) electrons. The molecule has 1 aromatic carbocycles. The van der Waals surface area contributed by atoms with Crippen LogP contribution >= 0.6 is 24.8 Å². The number of nitrogens with one attached hydrogen (secondary N) is 2. The van der Waals surface area contributed by atoms with E-state index in [0.29, 0.717) is 11.5 Å². The smallest absolute Gasteiger partial charge is 0.252 e. The van der Waals surface area contributed by atoms with Crippen molar-refractivity contribution in [1.82, 2.24) is 20.6 Å². The lowest BCUT2D eigenvalue weighted by Gasteiger charge is -2.30. The quantitative estimate of drug-likeness (QED) is 0.677. The summed E-state index contributed by atoms with van der Waals surface area (Å²) in [7, 11) is 0. The summed E-state index contributed by atoms with van der Waals surface area (Å²) in [6.45, 7) is 4.02. The van der Waals surface area contributed by atoms with Crippen LogP contribution in [0.4, 0.5) is 0 Å². The Balaban J connectivity index is 0.00000140. The number of piperidine rings is 1. The Morgan fingerprint density at radius 1 is 1.14 bits per heavy atom. The molecule has 1 aliphatic rings. The molecule has 5 nitrogen and oxygen atoms in total. The first-order chi connectivity index (χ1) is 12.7. The summed E-state index contributed by atoms with van der Waals surface area (Å²) in [6.07, 6.45) is 4.55. The van der Waals surface area contributed by atoms with E-state index in [9.17, 15) is 4.79 Å². The van der Waals surface area contributed by atoms with Crippen molar-refractivity contribution < 1.29 is 4.79 Å². The third kappa shape index (κ3) is 4.61. The molecule has 2 unspecified atom stereocenters. The van der Waals surface area contributed by atoms with Gasteiger partial charge in [0, 0.05) is 35.9 Å². The number of pyridine rings is 2. The summed E-state index contributed by atoms with van der Waals surface area (Å²) in [4.78, 5) is 21.9. The first kappa shape index (κ1) is 22.1. The highest BCUT2D eigenvalue weighted by molar-refractivity contribution is 6.07. The van der Waals surface area contributed by atoms with E-state index in [1.807, 2.05) is 42.5 Å². The average molecular weight is 419 g/mol. The molecular formula is C21H24Cl2N4O. The molecule has 1 amide bonds. The van der Waals surface area contributed by atoms with Gasteiger partial charge in [0.25, 0.3) is 5.91 Å². The summed E-state index contributed by atoms with van der Waals surface area (Å²) in [5.74, 6) is 0.424. The minimum Gasteiger partial charge on any atom is -0.348 e. The number of carbonyl (C=O) groups excluding carboxylic acids is 1. The molecule has 0 spiro atoms. The Morgan fingerprint density at radius 2 is 1.89 bits per heavy atom. The van der Waals surface area contributed by atoms with Gasteiger partial charge in [0.1, 0.15) is 0 Å². The number of benzene rings is 1. The number of para-hydroxylation sites is 1. The second kappa shape index (κ2) is 9.82. The summed E-state index contributed by atoms with van der Waals surface area (Å²) in [6, 6.07) is 13.6. The van der Waals surface area contributed by atoms with Crippen LogP contribution in [0.2, 0.25) is 0 Å². The third-order valence-electron chi connectivity index (χ3n) is 5.08. The predicted molar refractivity (Wildman–Crippen MR) is 117 cm³/mol. The maximum atomic E-state index is 13.1. The predicted octanol–water partition coefficient (Wildman–Crippen LogP) is 3.87. The maximum Gasteiger partial charge on any atom is 0.252 e. The second-order valence-corrected chi connectivity index (χ2v) is 6.86. The van der Waals surface area contributed by atoms with Gasteiger partial charge in [0.05, 0.1) is 16.8 Å². The van der Waals surface area contributed by atoms with E-state index in [-0.39, 0.29) is 36.8 Å². The van der Waals surface area contributed by atoms with Gasteiger partial charge in [-0.05, 0) is 43.1 Å². The zero-order chi connectivity index (χ0) is 17.9. The van der Waals surface area contributed by atoms with Gasteiger partial charge in [0.2, 0.25) is 0 Å². The van der Waals surface area contributed by atoms with Crippen molar-refractivity contribution in [3.63, 3.8) is 0 Å². The fourth-order valence-electron chi connectivity index (χ4n) is 3.46. The number of halogens is 2. The third-order valence-corrected chi connectivity index (χ3v) is 5.08. The van der Waals surface area contributed by atoms with Gasteiger partial charge in [-0.2, -0.15) is 0 Å².